The molecule has 66 valence electrons. The average Bonchev–Trinajstić information content (AvgIpc) is 2.04. The average molecular weight is 167 g/mol. The minimum Gasteiger partial charge on any atom is -0.478 e. The summed E-state index contributed by atoms with van der Waals surface area (Å²) in [5.74, 6) is 1.61. The van der Waals surface area contributed by atoms with Crippen molar-refractivity contribution in [1.29, 1.82) is 0 Å². The van der Waals surface area contributed by atoms with Gasteiger partial charge in [0.15, 0.2) is 0 Å². The van der Waals surface area contributed by atoms with Gasteiger partial charge in [0.25, 0.3) is 0 Å². The summed E-state index contributed by atoms with van der Waals surface area (Å²) in [6.07, 6.45) is 8.64. The quantitative estimate of drug-likeness (QED) is 0.466. The SMILES string of the molecule is C#CC(CC)NC/C=C/C(=O)O. The first-order valence-electron chi connectivity index (χ1n) is 3.79. The first-order valence-corrected chi connectivity index (χ1v) is 3.79. The van der Waals surface area contributed by atoms with E-state index in [9.17, 15) is 4.79 Å². The maximum absolute atomic E-state index is 10.0. The predicted octanol–water partition coefficient (Wildman–Crippen LogP) is 0.629. The van der Waals surface area contributed by atoms with Gasteiger partial charge < -0.3 is 10.4 Å². The summed E-state index contributed by atoms with van der Waals surface area (Å²) in [7, 11) is 0. The largest absolute Gasteiger partial charge is 0.478 e. The molecule has 1 unspecified atom stereocenters. The lowest BCUT2D eigenvalue weighted by molar-refractivity contribution is -0.131. The zero-order chi connectivity index (χ0) is 9.40. The van der Waals surface area contributed by atoms with Crippen molar-refractivity contribution in [2.75, 3.05) is 6.54 Å². The molecular weight excluding hydrogens is 154 g/mol. The first-order chi connectivity index (χ1) is 5.70. The van der Waals surface area contributed by atoms with Crippen LogP contribution < -0.4 is 5.32 Å². The summed E-state index contributed by atoms with van der Waals surface area (Å²) < 4.78 is 0. The van der Waals surface area contributed by atoms with Crippen molar-refractivity contribution in [2.24, 2.45) is 0 Å². The topological polar surface area (TPSA) is 49.3 Å². The van der Waals surface area contributed by atoms with E-state index >= 15 is 0 Å². The molecule has 0 radical (unpaired) electrons. The molecule has 0 aliphatic heterocycles. The molecule has 0 rings (SSSR count). The summed E-state index contributed by atoms with van der Waals surface area (Å²) in [5, 5.41) is 11.2. The van der Waals surface area contributed by atoms with Gasteiger partial charge >= 0.3 is 5.97 Å². The number of rotatable bonds is 5. The highest BCUT2D eigenvalue weighted by atomic mass is 16.4. The first kappa shape index (κ1) is 10.7. The third-order valence-corrected chi connectivity index (χ3v) is 1.35. The van der Waals surface area contributed by atoms with Crippen LogP contribution in [0.1, 0.15) is 13.3 Å². The van der Waals surface area contributed by atoms with E-state index in [2.05, 4.69) is 11.2 Å². The maximum Gasteiger partial charge on any atom is 0.328 e. The molecule has 0 saturated heterocycles. The van der Waals surface area contributed by atoms with E-state index in [-0.39, 0.29) is 6.04 Å². The second kappa shape index (κ2) is 6.44. The third-order valence-electron chi connectivity index (χ3n) is 1.35. The van der Waals surface area contributed by atoms with Gasteiger partial charge in [0, 0.05) is 12.6 Å². The number of carboxylic acid groups (broad SMARTS) is 1. The van der Waals surface area contributed by atoms with Crippen LogP contribution in [-0.4, -0.2) is 23.7 Å². The van der Waals surface area contributed by atoms with Crippen molar-refractivity contribution in [1.82, 2.24) is 5.32 Å². The molecule has 12 heavy (non-hydrogen) atoms. The normalized spacial score (nSPS) is 12.7. The number of nitrogens with one attached hydrogen (secondary N) is 1. The van der Waals surface area contributed by atoms with Gasteiger partial charge in [0.2, 0.25) is 0 Å². The van der Waals surface area contributed by atoms with Crippen molar-refractivity contribution in [2.45, 2.75) is 19.4 Å². The lowest BCUT2D eigenvalue weighted by atomic mass is 10.2. The van der Waals surface area contributed by atoms with Gasteiger partial charge in [0.1, 0.15) is 0 Å². The summed E-state index contributed by atoms with van der Waals surface area (Å²) in [6.45, 7) is 2.47. The van der Waals surface area contributed by atoms with Crippen LogP contribution in [0.2, 0.25) is 0 Å². The van der Waals surface area contributed by atoms with Gasteiger partial charge in [-0.15, -0.1) is 6.42 Å². The lowest BCUT2D eigenvalue weighted by Gasteiger charge is -2.06. The monoisotopic (exact) mass is 167 g/mol. The molecule has 0 aliphatic rings. The highest BCUT2D eigenvalue weighted by Crippen LogP contribution is 1.86. The van der Waals surface area contributed by atoms with Crippen LogP contribution in [0, 0.1) is 12.3 Å². The fourth-order valence-electron chi connectivity index (χ4n) is 0.691. The van der Waals surface area contributed by atoms with Gasteiger partial charge in [-0.3, -0.25) is 0 Å². The number of carboxylic acids is 1. The molecule has 3 nitrogen and oxygen atoms in total. The molecule has 0 aromatic carbocycles. The fourth-order valence-corrected chi connectivity index (χ4v) is 0.691. The standard InChI is InChI=1S/C9H13NO2/c1-3-8(4-2)10-7-5-6-9(11)12/h1,5-6,8,10H,4,7H2,2H3,(H,11,12)/b6-5+. The lowest BCUT2D eigenvalue weighted by Crippen LogP contribution is -2.26. The van der Waals surface area contributed by atoms with Crippen molar-refractivity contribution >= 4 is 5.97 Å². The van der Waals surface area contributed by atoms with Crippen LogP contribution in [0.3, 0.4) is 0 Å². The molecule has 0 saturated carbocycles. The van der Waals surface area contributed by atoms with Crippen molar-refractivity contribution in [3.05, 3.63) is 12.2 Å². The number of aliphatic carboxylic acids is 1. The number of terminal acetylenes is 1. The Morgan fingerprint density at radius 2 is 2.50 bits per heavy atom. The summed E-state index contributed by atoms with van der Waals surface area (Å²) >= 11 is 0. The molecule has 0 fully saturated rings. The Morgan fingerprint density at radius 3 is 2.92 bits per heavy atom. The number of hydrogen-bond acceptors (Lipinski definition) is 2. The molecule has 0 aromatic rings. The summed E-state index contributed by atoms with van der Waals surface area (Å²) in [6, 6.07) is 0.0310. The van der Waals surface area contributed by atoms with Crippen LogP contribution in [0.25, 0.3) is 0 Å². The third kappa shape index (κ3) is 5.51. The molecule has 3 heteroatoms. The Bertz CT molecular complexity index is 203. The van der Waals surface area contributed by atoms with E-state index in [0.717, 1.165) is 12.5 Å². The molecule has 0 aliphatic carbocycles. The van der Waals surface area contributed by atoms with Crippen LogP contribution in [0.15, 0.2) is 12.2 Å². The second-order valence-corrected chi connectivity index (χ2v) is 2.28. The van der Waals surface area contributed by atoms with Crippen molar-refractivity contribution in [3.63, 3.8) is 0 Å². The summed E-state index contributed by atoms with van der Waals surface area (Å²) in [5.41, 5.74) is 0. The zero-order valence-corrected chi connectivity index (χ0v) is 7.08. The Morgan fingerprint density at radius 1 is 1.83 bits per heavy atom. The van der Waals surface area contributed by atoms with Crippen LogP contribution in [0.5, 0.6) is 0 Å². The van der Waals surface area contributed by atoms with Crippen LogP contribution in [0.4, 0.5) is 0 Å². The van der Waals surface area contributed by atoms with Crippen LogP contribution in [-0.2, 0) is 4.79 Å². The van der Waals surface area contributed by atoms with Gasteiger partial charge in [-0.1, -0.05) is 18.9 Å². The van der Waals surface area contributed by atoms with Gasteiger partial charge in [0.05, 0.1) is 6.04 Å². The van der Waals surface area contributed by atoms with Gasteiger partial charge in [-0.05, 0) is 6.42 Å². The van der Waals surface area contributed by atoms with Gasteiger partial charge in [-0.2, -0.15) is 0 Å². The van der Waals surface area contributed by atoms with Crippen LogP contribution >= 0.6 is 0 Å². The molecule has 0 heterocycles. The maximum atomic E-state index is 10.0. The number of hydrogen-bond donors (Lipinski definition) is 2. The highest BCUT2D eigenvalue weighted by Gasteiger charge is 1.96. The molecule has 0 spiro atoms. The molecule has 1 atom stereocenters. The van der Waals surface area contributed by atoms with Crippen molar-refractivity contribution in [3.8, 4) is 12.3 Å². The van der Waals surface area contributed by atoms with E-state index in [1.807, 2.05) is 6.92 Å². The minimum atomic E-state index is -0.939. The fraction of sp³-hybridized carbons (Fsp3) is 0.444. The Labute approximate surface area is 72.5 Å². The minimum absolute atomic E-state index is 0.0310. The molecule has 0 amide bonds. The Kier molecular flexibility index (Phi) is 5.76. The van der Waals surface area contributed by atoms with E-state index in [4.69, 9.17) is 11.5 Å². The molecule has 2 N–H and O–H groups in total. The zero-order valence-electron chi connectivity index (χ0n) is 7.08. The second-order valence-electron chi connectivity index (χ2n) is 2.28. The van der Waals surface area contributed by atoms with Gasteiger partial charge in [-0.25, -0.2) is 4.79 Å². The molecule has 0 aromatic heterocycles. The van der Waals surface area contributed by atoms with E-state index in [0.29, 0.717) is 6.54 Å². The van der Waals surface area contributed by atoms with E-state index in [1.165, 1.54) is 6.08 Å². The predicted molar refractivity (Wildman–Crippen MR) is 47.7 cm³/mol. The Hall–Kier alpha value is -1.27. The smallest absolute Gasteiger partial charge is 0.328 e. The van der Waals surface area contributed by atoms with E-state index < -0.39 is 5.97 Å². The Balaban J connectivity index is 3.56. The van der Waals surface area contributed by atoms with Crippen molar-refractivity contribution < 1.29 is 9.90 Å². The highest BCUT2D eigenvalue weighted by molar-refractivity contribution is 5.79. The molecule has 0 bridgehead atoms. The molecular formula is C9H13NO2. The van der Waals surface area contributed by atoms with E-state index in [1.54, 1.807) is 0 Å². The number of carbonyl (C=O) groups is 1. The summed E-state index contributed by atoms with van der Waals surface area (Å²) in [4.78, 5) is 10.0.